The minimum atomic E-state index is -0.222. The largest absolute Gasteiger partial charge is 0.379 e. The van der Waals surface area contributed by atoms with Gasteiger partial charge in [0, 0.05) is 63.6 Å². The molecule has 1 aliphatic carbocycles. The molecule has 0 aromatic carbocycles. The summed E-state index contributed by atoms with van der Waals surface area (Å²) in [5.74, 6) is 0.599. The fourth-order valence-electron chi connectivity index (χ4n) is 5.19. The van der Waals surface area contributed by atoms with Crippen molar-refractivity contribution in [2.24, 2.45) is 0 Å². The minimum absolute atomic E-state index is 0.00587. The second-order valence-corrected chi connectivity index (χ2v) is 9.46. The number of hydrogen-bond acceptors (Lipinski definition) is 7. The summed E-state index contributed by atoms with van der Waals surface area (Å²) in [6, 6.07) is 5.79. The number of fused-ring (bicyclic) bond motifs is 2. The highest BCUT2D eigenvalue weighted by Crippen LogP contribution is 2.35. The number of rotatable bonds is 6. The third-order valence-electron chi connectivity index (χ3n) is 7.38. The van der Waals surface area contributed by atoms with Gasteiger partial charge in [0.1, 0.15) is 17.0 Å². The Labute approximate surface area is 207 Å². The Bertz CT molecular complexity index is 1490. The second-order valence-electron chi connectivity index (χ2n) is 9.46. The average molecular weight is 489 g/mol. The van der Waals surface area contributed by atoms with Gasteiger partial charge in [-0.05, 0) is 25.0 Å². The first-order valence-corrected chi connectivity index (χ1v) is 12.1. The maximum Gasteiger partial charge on any atom is 0.257 e. The molecule has 4 aromatic heterocycles. The Hall–Kier alpha value is -3.99. The van der Waals surface area contributed by atoms with E-state index in [1.807, 2.05) is 38.5 Å². The molecular weight excluding hydrogens is 460 g/mol. The molecule has 0 spiro atoms. The number of carbonyl (C=O) groups excluding carboxylic acids is 2. The molecule has 6 rings (SSSR count). The summed E-state index contributed by atoms with van der Waals surface area (Å²) in [4.78, 5) is 36.6. The number of likely N-dealkylation sites (tertiary alicyclic amines) is 1. The van der Waals surface area contributed by atoms with Crippen molar-refractivity contribution >= 4 is 34.3 Å². The monoisotopic (exact) mass is 488 g/mol. The van der Waals surface area contributed by atoms with E-state index in [1.54, 1.807) is 28.9 Å². The van der Waals surface area contributed by atoms with Crippen molar-refractivity contribution in [1.82, 2.24) is 34.4 Å². The quantitative estimate of drug-likeness (QED) is 0.427. The number of nitrogens with one attached hydrogen (secondary N) is 2. The Balaban J connectivity index is 1.44. The third-order valence-corrected chi connectivity index (χ3v) is 7.38. The molecule has 1 saturated carbocycles. The maximum absolute atomic E-state index is 13.2. The number of anilines is 1. The molecule has 1 aliphatic heterocycles. The summed E-state index contributed by atoms with van der Waals surface area (Å²) in [7, 11) is 5.29. The van der Waals surface area contributed by atoms with Crippen molar-refractivity contribution in [3.05, 3.63) is 42.4 Å². The van der Waals surface area contributed by atoms with Crippen LogP contribution in [0.5, 0.6) is 0 Å². The van der Waals surface area contributed by atoms with Crippen LogP contribution in [0.3, 0.4) is 0 Å². The van der Waals surface area contributed by atoms with Gasteiger partial charge in [-0.1, -0.05) is 0 Å². The fraction of sp³-hybridized carbons (Fsp3) is 0.400. The molecule has 3 atom stereocenters. The molecule has 4 aromatic rings. The lowest BCUT2D eigenvalue weighted by atomic mass is 9.89. The van der Waals surface area contributed by atoms with Gasteiger partial charge in [-0.25, -0.2) is 9.97 Å². The molecule has 1 unspecified atom stereocenters. The van der Waals surface area contributed by atoms with Crippen LogP contribution in [0.1, 0.15) is 35.7 Å². The molecule has 5 heterocycles. The third kappa shape index (κ3) is 3.49. The number of ether oxygens (including phenoxy) is 1. The van der Waals surface area contributed by atoms with Crippen LogP contribution < -0.4 is 10.6 Å². The first kappa shape index (κ1) is 22.5. The van der Waals surface area contributed by atoms with E-state index in [2.05, 4.69) is 25.3 Å². The molecule has 2 amide bonds. The van der Waals surface area contributed by atoms with Crippen LogP contribution in [0.2, 0.25) is 0 Å². The zero-order valence-electron chi connectivity index (χ0n) is 20.4. The fourth-order valence-corrected chi connectivity index (χ4v) is 5.19. The van der Waals surface area contributed by atoms with Crippen molar-refractivity contribution in [2.75, 3.05) is 33.1 Å². The van der Waals surface area contributed by atoms with Crippen LogP contribution in [-0.2, 0) is 9.53 Å². The summed E-state index contributed by atoms with van der Waals surface area (Å²) < 4.78 is 9.13. The summed E-state index contributed by atoms with van der Waals surface area (Å²) in [6.07, 6.45) is 7.60. The molecule has 2 fully saturated rings. The number of likely N-dealkylation sites (N-methyl/N-ethyl adjacent to an activating group) is 1. The summed E-state index contributed by atoms with van der Waals surface area (Å²) >= 11 is 0. The predicted molar refractivity (Wildman–Crippen MR) is 134 cm³/mol. The molecule has 0 radical (unpaired) electrons. The standard InChI is InChI=1S/C25H28N8O3/c1-26-21-10-19(29-24-16(11-28-33(21)24)25(35)30-18-6-7-20(18)36-3)17-13-32(14-9-22(34)31(2)12-14)23-15(17)5-4-8-27-23/h4-5,8,10-11,13-14,18,20,26H,6-7,9,12H2,1-3H3,(H,30,35)/t14-,18?,20-/m1/s1. The Kier molecular flexibility index (Phi) is 5.36. The van der Waals surface area contributed by atoms with Gasteiger partial charge in [-0.15, -0.1) is 0 Å². The SMILES string of the molecule is CNc1cc(-c2cn([C@@H]3CC(=O)N(C)C3)c3ncccc23)nc2c(C(=O)NC3CC[C@H]3OC)cnn12. The van der Waals surface area contributed by atoms with E-state index >= 15 is 0 Å². The number of carbonyl (C=O) groups is 2. The van der Waals surface area contributed by atoms with E-state index < -0.39 is 0 Å². The van der Waals surface area contributed by atoms with Crippen molar-refractivity contribution < 1.29 is 14.3 Å². The van der Waals surface area contributed by atoms with Crippen molar-refractivity contribution in [1.29, 1.82) is 0 Å². The van der Waals surface area contributed by atoms with Crippen LogP contribution in [0, 0.1) is 0 Å². The lowest BCUT2D eigenvalue weighted by molar-refractivity contribution is -0.126. The minimum Gasteiger partial charge on any atom is -0.379 e. The van der Waals surface area contributed by atoms with Crippen molar-refractivity contribution in [3.63, 3.8) is 0 Å². The van der Waals surface area contributed by atoms with Gasteiger partial charge in [-0.3, -0.25) is 9.59 Å². The summed E-state index contributed by atoms with van der Waals surface area (Å²) in [6.45, 7) is 0.628. The molecular formula is C25H28N8O3. The first-order valence-electron chi connectivity index (χ1n) is 12.1. The van der Waals surface area contributed by atoms with Gasteiger partial charge in [0.25, 0.3) is 5.91 Å². The smallest absolute Gasteiger partial charge is 0.257 e. The molecule has 1 saturated heterocycles. The van der Waals surface area contributed by atoms with Crippen molar-refractivity contribution in [3.8, 4) is 11.3 Å². The molecule has 186 valence electrons. The lowest BCUT2D eigenvalue weighted by Crippen LogP contribution is -2.51. The average Bonchev–Trinajstić information content (AvgIpc) is 3.56. The normalized spacial score (nSPS) is 21.8. The van der Waals surface area contributed by atoms with E-state index in [9.17, 15) is 9.59 Å². The lowest BCUT2D eigenvalue weighted by Gasteiger charge is -2.35. The Morgan fingerprint density at radius 3 is 2.81 bits per heavy atom. The van der Waals surface area contributed by atoms with E-state index in [4.69, 9.17) is 9.72 Å². The highest BCUT2D eigenvalue weighted by molar-refractivity contribution is 6.01. The van der Waals surface area contributed by atoms with Crippen LogP contribution in [0.4, 0.5) is 5.82 Å². The zero-order chi connectivity index (χ0) is 25.0. The number of amides is 2. The highest BCUT2D eigenvalue weighted by atomic mass is 16.5. The van der Waals surface area contributed by atoms with Gasteiger partial charge < -0.3 is 24.8 Å². The zero-order valence-corrected chi connectivity index (χ0v) is 20.4. The molecule has 2 N–H and O–H groups in total. The second kappa shape index (κ2) is 8.59. The topological polar surface area (TPSA) is 119 Å². The van der Waals surface area contributed by atoms with E-state index in [-0.39, 0.29) is 30.0 Å². The first-order chi connectivity index (χ1) is 17.5. The molecule has 2 aliphatic rings. The number of hydrogen-bond donors (Lipinski definition) is 2. The summed E-state index contributed by atoms with van der Waals surface area (Å²) in [5, 5.41) is 11.6. The Morgan fingerprint density at radius 1 is 1.25 bits per heavy atom. The van der Waals surface area contributed by atoms with Gasteiger partial charge in [0.15, 0.2) is 5.65 Å². The van der Waals surface area contributed by atoms with Crippen molar-refractivity contribution in [2.45, 2.75) is 37.5 Å². The Morgan fingerprint density at radius 2 is 2.11 bits per heavy atom. The summed E-state index contributed by atoms with van der Waals surface area (Å²) in [5.41, 5.74) is 3.23. The molecule has 11 heteroatoms. The van der Waals surface area contributed by atoms with Gasteiger partial charge in [-0.2, -0.15) is 9.61 Å². The number of methoxy groups -OCH3 is 1. The molecule has 36 heavy (non-hydrogen) atoms. The van der Waals surface area contributed by atoms with Crippen LogP contribution in [0.25, 0.3) is 27.9 Å². The van der Waals surface area contributed by atoms with E-state index in [0.29, 0.717) is 35.7 Å². The molecule has 0 bridgehead atoms. The van der Waals surface area contributed by atoms with Gasteiger partial charge in [0.2, 0.25) is 5.91 Å². The molecule has 11 nitrogen and oxygen atoms in total. The number of nitrogens with zero attached hydrogens (tertiary/aromatic N) is 6. The highest BCUT2D eigenvalue weighted by Gasteiger charge is 2.33. The maximum atomic E-state index is 13.2. The van der Waals surface area contributed by atoms with Crippen LogP contribution >= 0.6 is 0 Å². The predicted octanol–water partition coefficient (Wildman–Crippen LogP) is 2.10. The number of aromatic nitrogens is 5. The van der Waals surface area contributed by atoms with E-state index in [1.165, 1.54) is 0 Å². The van der Waals surface area contributed by atoms with Gasteiger partial charge in [0.05, 0.1) is 30.1 Å². The van der Waals surface area contributed by atoms with Crippen LogP contribution in [0.15, 0.2) is 36.8 Å². The van der Waals surface area contributed by atoms with E-state index in [0.717, 1.165) is 29.4 Å². The van der Waals surface area contributed by atoms with Gasteiger partial charge >= 0.3 is 0 Å². The van der Waals surface area contributed by atoms with Crippen LogP contribution in [-0.4, -0.2) is 80.8 Å². The number of pyridine rings is 1.